The number of H-pyrrole nitrogens is 1. The second kappa shape index (κ2) is 5.44. The molecule has 1 aliphatic heterocycles. The summed E-state index contributed by atoms with van der Waals surface area (Å²) in [5, 5.41) is 0. The molecule has 26 heavy (non-hydrogen) atoms. The summed E-state index contributed by atoms with van der Waals surface area (Å²) >= 11 is 0. The molecule has 4 nitrogen and oxygen atoms in total. The first-order valence-corrected chi connectivity index (χ1v) is 9.39. The highest BCUT2D eigenvalue weighted by Gasteiger charge is 2.48. The average molecular weight is 345 g/mol. The molecule has 0 spiro atoms. The van der Waals surface area contributed by atoms with Gasteiger partial charge in [-0.25, -0.2) is 4.98 Å². The van der Waals surface area contributed by atoms with E-state index < -0.39 is 0 Å². The van der Waals surface area contributed by atoms with Crippen molar-refractivity contribution in [2.75, 3.05) is 6.54 Å². The molecule has 1 N–H and O–H groups in total. The number of aromatic nitrogens is 2. The van der Waals surface area contributed by atoms with Gasteiger partial charge in [-0.2, -0.15) is 0 Å². The summed E-state index contributed by atoms with van der Waals surface area (Å²) in [6, 6.07) is 14.8. The van der Waals surface area contributed by atoms with E-state index in [0.717, 1.165) is 36.0 Å². The molecule has 2 aromatic carbocycles. The highest BCUT2D eigenvalue weighted by atomic mass is 16.2. The summed E-state index contributed by atoms with van der Waals surface area (Å²) in [7, 11) is 0. The van der Waals surface area contributed by atoms with E-state index in [1.807, 2.05) is 18.2 Å². The van der Waals surface area contributed by atoms with Gasteiger partial charge in [0.2, 0.25) is 0 Å². The molecular formula is C22H23N3O. The molecule has 3 atom stereocenters. The minimum Gasteiger partial charge on any atom is -0.345 e. The van der Waals surface area contributed by atoms with E-state index in [4.69, 9.17) is 0 Å². The van der Waals surface area contributed by atoms with Crippen LogP contribution in [0.3, 0.4) is 0 Å². The van der Waals surface area contributed by atoms with E-state index in [9.17, 15) is 4.79 Å². The Labute approximate surface area is 153 Å². The van der Waals surface area contributed by atoms with E-state index in [2.05, 4.69) is 53.0 Å². The molecule has 3 aromatic rings. The highest BCUT2D eigenvalue weighted by Crippen LogP contribution is 2.47. The molecule has 2 heterocycles. The topological polar surface area (TPSA) is 49.0 Å². The molecule has 0 unspecified atom stereocenters. The molecule has 1 aromatic heterocycles. The van der Waals surface area contributed by atoms with E-state index in [0.29, 0.717) is 5.92 Å². The van der Waals surface area contributed by atoms with Gasteiger partial charge in [0, 0.05) is 18.2 Å². The van der Waals surface area contributed by atoms with Crippen molar-refractivity contribution >= 4 is 16.9 Å². The summed E-state index contributed by atoms with van der Waals surface area (Å²) in [5.41, 5.74) is 5.60. The predicted molar refractivity (Wildman–Crippen MR) is 102 cm³/mol. The lowest BCUT2D eigenvalue weighted by atomic mass is 9.60. The normalized spacial score (nSPS) is 27.4. The first kappa shape index (κ1) is 15.6. The third kappa shape index (κ3) is 2.14. The zero-order valence-electron chi connectivity index (χ0n) is 15.2. The van der Waals surface area contributed by atoms with Crippen molar-refractivity contribution in [2.24, 2.45) is 5.92 Å². The van der Waals surface area contributed by atoms with Crippen LogP contribution in [-0.2, 0) is 11.8 Å². The lowest BCUT2D eigenvalue weighted by Gasteiger charge is -2.53. The van der Waals surface area contributed by atoms with Crippen LogP contribution in [0.5, 0.6) is 0 Å². The fourth-order valence-electron chi connectivity index (χ4n) is 5.00. The zero-order valence-corrected chi connectivity index (χ0v) is 15.2. The van der Waals surface area contributed by atoms with Crippen LogP contribution in [0, 0.1) is 5.92 Å². The molecule has 132 valence electrons. The average Bonchev–Trinajstić information content (AvgIpc) is 3.12. The summed E-state index contributed by atoms with van der Waals surface area (Å²) < 4.78 is 0. The van der Waals surface area contributed by atoms with E-state index >= 15 is 0 Å². The van der Waals surface area contributed by atoms with Crippen LogP contribution in [0.4, 0.5) is 0 Å². The summed E-state index contributed by atoms with van der Waals surface area (Å²) in [6.07, 6.45) is 3.67. The van der Waals surface area contributed by atoms with E-state index in [1.54, 1.807) is 6.33 Å². The van der Waals surface area contributed by atoms with Gasteiger partial charge in [-0.05, 0) is 53.5 Å². The van der Waals surface area contributed by atoms with Crippen LogP contribution in [0.2, 0.25) is 0 Å². The van der Waals surface area contributed by atoms with Crippen LogP contribution in [-0.4, -0.2) is 33.4 Å². The number of nitrogens with one attached hydrogen (secondary N) is 1. The van der Waals surface area contributed by atoms with Gasteiger partial charge < -0.3 is 9.88 Å². The molecule has 0 saturated carbocycles. The molecule has 1 fully saturated rings. The highest BCUT2D eigenvalue weighted by molar-refractivity contribution is 5.97. The largest absolute Gasteiger partial charge is 0.345 e. The number of imidazole rings is 1. The molecule has 2 bridgehead atoms. The van der Waals surface area contributed by atoms with Crippen LogP contribution in [0.15, 0.2) is 48.8 Å². The van der Waals surface area contributed by atoms with Gasteiger partial charge in [-0.15, -0.1) is 0 Å². The standard InChI is InChI=1S/C22H23N3O/c1-14-12-25(21(26)16-7-8-19-20(10-16)24-13-23-19)17-9-15-5-3-4-6-18(15)22(14,2)11-17/h3-8,10,13-14,17H,9,11-12H2,1-2H3,(H,23,24)/t14-,17-,22+/m1/s1. The van der Waals surface area contributed by atoms with E-state index in [-0.39, 0.29) is 17.4 Å². The van der Waals surface area contributed by atoms with Crippen molar-refractivity contribution in [1.29, 1.82) is 0 Å². The third-order valence-corrected chi connectivity index (χ3v) is 6.67. The van der Waals surface area contributed by atoms with E-state index in [1.165, 1.54) is 11.1 Å². The molecule has 1 saturated heterocycles. The zero-order chi connectivity index (χ0) is 17.9. The quantitative estimate of drug-likeness (QED) is 0.726. The van der Waals surface area contributed by atoms with Gasteiger partial charge in [0.15, 0.2) is 0 Å². The summed E-state index contributed by atoms with van der Waals surface area (Å²) in [5.74, 6) is 0.569. The number of amides is 1. The van der Waals surface area contributed by atoms with Crippen LogP contribution < -0.4 is 0 Å². The molecule has 1 amide bonds. The number of carbonyl (C=O) groups excluding carboxylic acids is 1. The van der Waals surface area contributed by atoms with Crippen LogP contribution in [0.1, 0.15) is 41.8 Å². The van der Waals surface area contributed by atoms with Crippen molar-refractivity contribution in [1.82, 2.24) is 14.9 Å². The Morgan fingerprint density at radius 3 is 3.00 bits per heavy atom. The van der Waals surface area contributed by atoms with Gasteiger partial charge in [0.1, 0.15) is 0 Å². The van der Waals surface area contributed by atoms with Crippen LogP contribution >= 0.6 is 0 Å². The number of aromatic amines is 1. The monoisotopic (exact) mass is 345 g/mol. The molecular weight excluding hydrogens is 322 g/mol. The van der Waals surface area contributed by atoms with Gasteiger partial charge >= 0.3 is 0 Å². The molecule has 2 aliphatic rings. The Bertz CT molecular complexity index is 1010. The van der Waals surface area contributed by atoms with Crippen molar-refractivity contribution < 1.29 is 4.79 Å². The summed E-state index contributed by atoms with van der Waals surface area (Å²) in [6.45, 7) is 5.48. The lowest BCUT2D eigenvalue weighted by Crippen LogP contribution is -2.58. The first-order valence-electron chi connectivity index (χ1n) is 9.39. The smallest absolute Gasteiger partial charge is 0.254 e. The number of rotatable bonds is 1. The first-order chi connectivity index (χ1) is 12.6. The fourth-order valence-corrected chi connectivity index (χ4v) is 5.00. The Kier molecular flexibility index (Phi) is 3.27. The maximum Gasteiger partial charge on any atom is 0.254 e. The van der Waals surface area contributed by atoms with Gasteiger partial charge in [-0.3, -0.25) is 4.79 Å². The Morgan fingerprint density at radius 1 is 1.27 bits per heavy atom. The SMILES string of the molecule is C[C@@H]1CN(C(=O)c2ccc3nc[nH]c3c2)[C@@H]2Cc3ccccc3[C@@]1(C)C2. The Hall–Kier alpha value is -2.62. The number of fused-ring (bicyclic) bond motifs is 5. The molecule has 1 aliphatic carbocycles. The van der Waals surface area contributed by atoms with Crippen molar-refractivity contribution in [3.8, 4) is 0 Å². The number of carbonyl (C=O) groups is 1. The fraction of sp³-hybridized carbons (Fsp3) is 0.364. The number of piperidine rings is 1. The maximum atomic E-state index is 13.3. The number of nitrogens with zero attached hydrogens (tertiary/aromatic N) is 2. The van der Waals surface area contributed by atoms with Crippen molar-refractivity contribution in [2.45, 2.75) is 38.1 Å². The third-order valence-electron chi connectivity index (χ3n) is 6.67. The minimum atomic E-state index is 0.139. The summed E-state index contributed by atoms with van der Waals surface area (Å²) in [4.78, 5) is 22.8. The Balaban J connectivity index is 1.52. The molecule has 5 rings (SSSR count). The van der Waals surface area contributed by atoms with Gasteiger partial charge in [0.25, 0.3) is 5.91 Å². The van der Waals surface area contributed by atoms with Gasteiger partial charge in [-0.1, -0.05) is 38.1 Å². The molecule has 4 heteroatoms. The number of hydrogen-bond donors (Lipinski definition) is 1. The number of likely N-dealkylation sites (tertiary alicyclic amines) is 1. The number of hydrogen-bond acceptors (Lipinski definition) is 2. The lowest BCUT2D eigenvalue weighted by molar-refractivity contribution is 0.0316. The van der Waals surface area contributed by atoms with Crippen molar-refractivity contribution in [3.63, 3.8) is 0 Å². The minimum absolute atomic E-state index is 0.139. The second-order valence-electron chi connectivity index (χ2n) is 8.13. The Morgan fingerprint density at radius 2 is 2.12 bits per heavy atom. The van der Waals surface area contributed by atoms with Crippen molar-refractivity contribution in [3.05, 3.63) is 65.5 Å². The van der Waals surface area contributed by atoms with Crippen LogP contribution in [0.25, 0.3) is 11.0 Å². The maximum absolute atomic E-state index is 13.3. The predicted octanol–water partition coefficient (Wildman–Crippen LogP) is 3.93. The van der Waals surface area contributed by atoms with Gasteiger partial charge in [0.05, 0.1) is 17.4 Å². The number of benzene rings is 2. The second-order valence-corrected chi connectivity index (χ2v) is 8.13. The molecule has 0 radical (unpaired) electrons.